The Morgan fingerprint density at radius 2 is 1.84 bits per heavy atom. The van der Waals surface area contributed by atoms with Gasteiger partial charge in [0.05, 0.1) is 11.8 Å². The zero-order valence-electron chi connectivity index (χ0n) is 10.6. The Kier molecular flexibility index (Phi) is 5.20. The molecule has 110 valence electrons. The van der Waals surface area contributed by atoms with Gasteiger partial charge >= 0.3 is 11.9 Å². The molecule has 3 atom stereocenters. The molecule has 0 bridgehead atoms. The van der Waals surface area contributed by atoms with E-state index in [-0.39, 0.29) is 0 Å². The number of carbonyl (C=O) groups is 2. The monoisotopic (exact) mass is 282 g/mol. The van der Waals surface area contributed by atoms with Crippen molar-refractivity contribution in [3.8, 4) is 0 Å². The van der Waals surface area contributed by atoms with Crippen LogP contribution < -0.4 is 0 Å². The van der Waals surface area contributed by atoms with Crippen LogP contribution in [0.3, 0.4) is 0 Å². The summed E-state index contributed by atoms with van der Waals surface area (Å²) in [6.45, 7) is -0.655. The maximum Gasteiger partial charge on any atom is 0.309 e. The van der Waals surface area contributed by atoms with Crippen LogP contribution in [0.4, 0.5) is 13.2 Å². The Morgan fingerprint density at radius 3 is 2.32 bits per heavy atom. The number of aliphatic carboxylic acids is 1. The molecule has 1 rings (SSSR count). The van der Waals surface area contributed by atoms with E-state index in [2.05, 4.69) is 4.74 Å². The molecule has 19 heavy (non-hydrogen) atoms. The van der Waals surface area contributed by atoms with Crippen molar-refractivity contribution in [1.82, 2.24) is 0 Å². The molecule has 0 spiro atoms. The molecule has 0 aliphatic heterocycles. The summed E-state index contributed by atoms with van der Waals surface area (Å²) in [5.41, 5.74) is 0. The first-order valence-electron chi connectivity index (χ1n) is 6.14. The van der Waals surface area contributed by atoms with E-state index in [0.717, 1.165) is 0 Å². The minimum absolute atomic E-state index is 0.329. The first kappa shape index (κ1) is 15.8. The third-order valence-electron chi connectivity index (χ3n) is 3.31. The quantitative estimate of drug-likeness (QED) is 0.786. The summed E-state index contributed by atoms with van der Waals surface area (Å²) in [7, 11) is 0. The van der Waals surface area contributed by atoms with Crippen molar-refractivity contribution in [2.24, 2.45) is 11.8 Å². The Morgan fingerprint density at radius 1 is 1.32 bits per heavy atom. The fraction of sp³-hybridized carbons (Fsp3) is 0.833. The number of alkyl halides is 3. The Hall–Kier alpha value is -1.27. The average Bonchev–Trinajstić information content (AvgIpc) is 2.34. The van der Waals surface area contributed by atoms with Crippen molar-refractivity contribution < 1.29 is 32.6 Å². The summed E-state index contributed by atoms with van der Waals surface area (Å²) in [5, 5.41) is 8.96. The molecule has 0 aromatic carbocycles. The van der Waals surface area contributed by atoms with Crippen molar-refractivity contribution in [3.63, 3.8) is 0 Å². The van der Waals surface area contributed by atoms with E-state index in [0.29, 0.717) is 32.6 Å². The molecule has 0 heterocycles. The maximum atomic E-state index is 12.9. The first-order chi connectivity index (χ1) is 8.73. The summed E-state index contributed by atoms with van der Waals surface area (Å²) in [6, 6.07) is 0. The maximum absolute atomic E-state index is 12.9. The van der Waals surface area contributed by atoms with Crippen LogP contribution in [0.5, 0.6) is 0 Å². The molecule has 1 N–H and O–H groups in total. The van der Waals surface area contributed by atoms with Crippen molar-refractivity contribution in [1.29, 1.82) is 0 Å². The van der Waals surface area contributed by atoms with Gasteiger partial charge in [-0.25, -0.2) is 13.2 Å². The van der Waals surface area contributed by atoms with Gasteiger partial charge in [0.1, 0.15) is 6.61 Å². The molecule has 0 aromatic heterocycles. The van der Waals surface area contributed by atoms with Crippen molar-refractivity contribution in [3.05, 3.63) is 0 Å². The van der Waals surface area contributed by atoms with Gasteiger partial charge in [0.15, 0.2) is 6.17 Å². The highest BCUT2D eigenvalue weighted by Crippen LogP contribution is 2.31. The Balaban J connectivity index is 2.54. The molecule has 4 nitrogen and oxygen atoms in total. The Labute approximate surface area is 108 Å². The molecular weight excluding hydrogens is 265 g/mol. The van der Waals surface area contributed by atoms with E-state index in [1.807, 2.05) is 0 Å². The van der Waals surface area contributed by atoms with Crippen LogP contribution in [0, 0.1) is 11.8 Å². The van der Waals surface area contributed by atoms with Crippen LogP contribution in [0.2, 0.25) is 0 Å². The number of halogens is 3. The van der Waals surface area contributed by atoms with Gasteiger partial charge in [-0.2, -0.15) is 0 Å². The van der Waals surface area contributed by atoms with Gasteiger partial charge in [0.25, 0.3) is 5.92 Å². The predicted octanol–water partition coefficient (Wildman–Crippen LogP) is 2.41. The van der Waals surface area contributed by atoms with Crippen molar-refractivity contribution in [2.45, 2.75) is 44.7 Å². The van der Waals surface area contributed by atoms with Gasteiger partial charge < -0.3 is 9.84 Å². The molecule has 0 radical (unpaired) electrons. The number of carboxylic acids is 1. The van der Waals surface area contributed by atoms with E-state index in [4.69, 9.17) is 5.11 Å². The fourth-order valence-corrected chi connectivity index (χ4v) is 2.12. The third-order valence-corrected chi connectivity index (χ3v) is 3.31. The van der Waals surface area contributed by atoms with E-state index in [1.165, 1.54) is 0 Å². The smallest absolute Gasteiger partial charge is 0.309 e. The second-order valence-electron chi connectivity index (χ2n) is 4.89. The number of carbonyl (C=O) groups excluding carboxylic acids is 1. The third kappa shape index (κ3) is 4.40. The second kappa shape index (κ2) is 6.25. The van der Waals surface area contributed by atoms with Crippen LogP contribution in [-0.4, -0.2) is 35.7 Å². The summed E-state index contributed by atoms with van der Waals surface area (Å²) < 4.78 is 42.5. The van der Waals surface area contributed by atoms with E-state index >= 15 is 0 Å². The molecular formula is C12H17F3O4. The summed E-state index contributed by atoms with van der Waals surface area (Å²) in [4.78, 5) is 22.6. The zero-order chi connectivity index (χ0) is 14.6. The Bertz CT molecular complexity index is 340. The number of ether oxygens (including phenoxy) is 1. The standard InChI is InChI=1S/C12H17F3O4/c1-12(14,15)9(13)6-19-11(18)8-5-3-2-4-7(8)10(16)17/h7-9H,2-6H2,1H3,(H,16,17). The molecule has 1 aliphatic carbocycles. The molecule has 0 aromatic rings. The summed E-state index contributed by atoms with van der Waals surface area (Å²) in [6.07, 6.45) is -0.539. The SMILES string of the molecule is CC(F)(F)C(F)COC(=O)C1CCCCC1C(=O)O. The lowest BCUT2D eigenvalue weighted by Gasteiger charge is -2.27. The van der Waals surface area contributed by atoms with Gasteiger partial charge in [-0.15, -0.1) is 0 Å². The minimum Gasteiger partial charge on any atom is -0.481 e. The number of esters is 1. The van der Waals surface area contributed by atoms with E-state index in [1.54, 1.807) is 0 Å². The van der Waals surface area contributed by atoms with E-state index < -0.39 is 42.5 Å². The van der Waals surface area contributed by atoms with Crippen molar-refractivity contribution >= 4 is 11.9 Å². The average molecular weight is 282 g/mol. The molecule has 0 saturated heterocycles. The lowest BCUT2D eigenvalue weighted by Crippen LogP contribution is -2.37. The lowest BCUT2D eigenvalue weighted by molar-refractivity contribution is -0.164. The van der Waals surface area contributed by atoms with Crippen LogP contribution in [0.25, 0.3) is 0 Å². The molecule has 1 aliphatic rings. The van der Waals surface area contributed by atoms with Crippen LogP contribution in [0.1, 0.15) is 32.6 Å². The van der Waals surface area contributed by atoms with Gasteiger partial charge in [0.2, 0.25) is 0 Å². The lowest BCUT2D eigenvalue weighted by atomic mass is 9.79. The molecule has 0 amide bonds. The first-order valence-corrected chi connectivity index (χ1v) is 6.14. The molecule has 3 unspecified atom stereocenters. The number of hydrogen-bond acceptors (Lipinski definition) is 3. The van der Waals surface area contributed by atoms with Crippen LogP contribution >= 0.6 is 0 Å². The highest BCUT2D eigenvalue weighted by atomic mass is 19.3. The van der Waals surface area contributed by atoms with Gasteiger partial charge in [-0.05, 0) is 12.8 Å². The number of carboxylic acid groups (broad SMARTS) is 1. The summed E-state index contributed by atoms with van der Waals surface area (Å²) in [5.74, 6) is -7.34. The number of rotatable bonds is 5. The van der Waals surface area contributed by atoms with Gasteiger partial charge in [-0.3, -0.25) is 9.59 Å². The topological polar surface area (TPSA) is 63.6 Å². The summed E-state index contributed by atoms with van der Waals surface area (Å²) >= 11 is 0. The fourth-order valence-electron chi connectivity index (χ4n) is 2.12. The zero-order valence-corrected chi connectivity index (χ0v) is 10.6. The van der Waals surface area contributed by atoms with Crippen molar-refractivity contribution in [2.75, 3.05) is 6.61 Å². The molecule has 1 fully saturated rings. The van der Waals surface area contributed by atoms with Gasteiger partial charge in [0, 0.05) is 6.92 Å². The predicted molar refractivity (Wildman–Crippen MR) is 59.6 cm³/mol. The molecule has 1 saturated carbocycles. The van der Waals surface area contributed by atoms with Crippen LogP contribution in [-0.2, 0) is 14.3 Å². The van der Waals surface area contributed by atoms with Gasteiger partial charge in [-0.1, -0.05) is 12.8 Å². The minimum atomic E-state index is -3.58. The largest absolute Gasteiger partial charge is 0.481 e. The highest BCUT2D eigenvalue weighted by molar-refractivity contribution is 5.81. The number of hydrogen-bond donors (Lipinski definition) is 1. The highest BCUT2D eigenvalue weighted by Gasteiger charge is 2.39. The van der Waals surface area contributed by atoms with E-state index in [9.17, 15) is 22.8 Å². The normalized spacial score (nSPS) is 25.7. The second-order valence-corrected chi connectivity index (χ2v) is 4.89. The molecule has 7 heteroatoms. The van der Waals surface area contributed by atoms with Crippen LogP contribution in [0.15, 0.2) is 0 Å².